The third kappa shape index (κ3) is 3.41. The zero-order valence-electron chi connectivity index (χ0n) is 9.96. The minimum absolute atomic E-state index is 0.246. The average Bonchev–Trinajstić information content (AvgIpc) is 2.40. The molecule has 0 amide bonds. The molecule has 0 aliphatic heterocycles. The monoisotopic (exact) mass is 454 g/mol. The number of ether oxygens (including phenoxy) is 1. The molecule has 0 bridgehead atoms. The molecule has 0 aromatic heterocycles. The Morgan fingerprint density at radius 3 is 2.58 bits per heavy atom. The maximum Gasteiger partial charge on any atom is 0.131 e. The summed E-state index contributed by atoms with van der Waals surface area (Å²) in [6.45, 7) is 0. The van der Waals surface area contributed by atoms with Gasteiger partial charge in [0.2, 0.25) is 0 Å². The molecule has 0 saturated heterocycles. The van der Waals surface area contributed by atoms with Gasteiger partial charge in [-0.3, -0.25) is 0 Å². The highest BCUT2D eigenvalue weighted by molar-refractivity contribution is 14.1. The molecule has 0 radical (unpaired) electrons. The molecule has 0 spiro atoms. The second kappa shape index (κ2) is 6.41. The molecule has 0 aliphatic carbocycles. The third-order valence-electron chi connectivity index (χ3n) is 2.71. The Hall–Kier alpha value is -0.330. The molecule has 0 saturated carbocycles. The lowest BCUT2D eigenvalue weighted by Crippen LogP contribution is -1.99. The fourth-order valence-electron chi connectivity index (χ4n) is 1.72. The van der Waals surface area contributed by atoms with Gasteiger partial charge in [-0.15, -0.1) is 0 Å². The zero-order chi connectivity index (χ0) is 14.0. The van der Waals surface area contributed by atoms with Gasteiger partial charge in [0.1, 0.15) is 11.6 Å². The molecular weight excluding hydrogens is 445 g/mol. The fourth-order valence-corrected chi connectivity index (χ4v) is 3.72. The molecule has 1 unspecified atom stereocenters. The van der Waals surface area contributed by atoms with Crippen LogP contribution in [0, 0.1) is 9.39 Å². The minimum Gasteiger partial charge on any atom is -0.497 e. The first-order valence-corrected chi connectivity index (χ1v) is 7.82. The molecule has 0 N–H and O–H groups in total. The molecule has 1 nitrogen and oxygen atoms in total. The van der Waals surface area contributed by atoms with Crippen LogP contribution >= 0.6 is 50.1 Å². The van der Waals surface area contributed by atoms with Crippen LogP contribution in [0.2, 0.25) is 5.02 Å². The molecule has 19 heavy (non-hydrogen) atoms. The summed E-state index contributed by atoms with van der Waals surface area (Å²) >= 11 is 11.7. The third-order valence-corrected chi connectivity index (χ3v) is 4.92. The number of halogens is 4. The van der Waals surface area contributed by atoms with Crippen molar-refractivity contribution in [1.82, 2.24) is 0 Å². The highest BCUT2D eigenvalue weighted by Crippen LogP contribution is 2.37. The smallest absolute Gasteiger partial charge is 0.131 e. The maximum absolute atomic E-state index is 14.1. The number of hydrogen-bond donors (Lipinski definition) is 0. The Morgan fingerprint density at radius 1 is 1.21 bits per heavy atom. The summed E-state index contributed by atoms with van der Waals surface area (Å²) in [5.41, 5.74) is 1.50. The molecule has 0 heterocycles. The van der Waals surface area contributed by atoms with E-state index >= 15 is 0 Å². The van der Waals surface area contributed by atoms with Crippen LogP contribution in [0.15, 0.2) is 36.4 Å². The van der Waals surface area contributed by atoms with E-state index in [1.165, 1.54) is 13.2 Å². The summed E-state index contributed by atoms with van der Waals surface area (Å²) < 4.78 is 20.1. The van der Waals surface area contributed by atoms with E-state index in [0.29, 0.717) is 16.3 Å². The van der Waals surface area contributed by atoms with E-state index in [1.54, 1.807) is 12.1 Å². The first-order chi connectivity index (χ1) is 9.02. The van der Waals surface area contributed by atoms with Crippen LogP contribution in [0.3, 0.4) is 0 Å². The zero-order valence-corrected chi connectivity index (χ0v) is 14.5. The van der Waals surface area contributed by atoms with Crippen molar-refractivity contribution in [2.45, 2.75) is 4.83 Å². The van der Waals surface area contributed by atoms with Crippen molar-refractivity contribution in [1.29, 1.82) is 0 Å². The molecular formula is C14H10BrClFIO. The van der Waals surface area contributed by atoms with Gasteiger partial charge in [-0.2, -0.15) is 0 Å². The van der Waals surface area contributed by atoms with Crippen molar-refractivity contribution in [3.8, 4) is 5.75 Å². The van der Waals surface area contributed by atoms with Gasteiger partial charge < -0.3 is 4.74 Å². The van der Waals surface area contributed by atoms with E-state index in [1.807, 2.05) is 18.2 Å². The van der Waals surface area contributed by atoms with Gasteiger partial charge in [0.15, 0.2) is 0 Å². The van der Waals surface area contributed by atoms with Crippen molar-refractivity contribution < 1.29 is 9.13 Å². The lowest BCUT2D eigenvalue weighted by atomic mass is 10.0. The summed E-state index contributed by atoms with van der Waals surface area (Å²) in [7, 11) is 1.51. The van der Waals surface area contributed by atoms with Crippen molar-refractivity contribution in [3.05, 3.63) is 61.9 Å². The number of hydrogen-bond acceptors (Lipinski definition) is 1. The standard InChI is InChI=1S/C14H10BrClFIO/c1-19-9-3-4-10(12(17)7-9)14(15)11-6-8(16)2-5-13(11)18/h2-7,14H,1H3. The van der Waals surface area contributed by atoms with Gasteiger partial charge in [-0.05, 0) is 52.4 Å². The van der Waals surface area contributed by atoms with Gasteiger partial charge in [0.05, 0.1) is 11.9 Å². The summed E-state index contributed by atoms with van der Waals surface area (Å²) in [5.74, 6) is 0.193. The Bertz CT molecular complexity index is 606. The maximum atomic E-state index is 14.1. The predicted octanol–water partition coefficient (Wildman–Crippen LogP) is 5.58. The molecule has 2 aromatic carbocycles. The molecule has 5 heteroatoms. The largest absolute Gasteiger partial charge is 0.497 e. The summed E-state index contributed by atoms with van der Waals surface area (Å²) in [5, 5.41) is 0.633. The highest BCUT2D eigenvalue weighted by atomic mass is 127. The van der Waals surface area contributed by atoms with Crippen LogP contribution in [-0.4, -0.2) is 7.11 Å². The first kappa shape index (κ1) is 15.1. The number of methoxy groups -OCH3 is 1. The number of alkyl halides is 1. The molecule has 1 atom stereocenters. The van der Waals surface area contributed by atoms with Gasteiger partial charge in [0, 0.05) is 20.2 Å². The van der Waals surface area contributed by atoms with Crippen molar-refractivity contribution in [2.75, 3.05) is 7.11 Å². The Kier molecular flexibility index (Phi) is 5.09. The van der Waals surface area contributed by atoms with Crippen LogP contribution in [0.4, 0.5) is 4.39 Å². The van der Waals surface area contributed by atoms with Gasteiger partial charge >= 0.3 is 0 Å². The van der Waals surface area contributed by atoms with E-state index < -0.39 is 0 Å². The van der Waals surface area contributed by atoms with Crippen LogP contribution in [0.5, 0.6) is 5.75 Å². The van der Waals surface area contributed by atoms with Crippen LogP contribution in [0.25, 0.3) is 0 Å². The molecule has 2 rings (SSSR count). The van der Waals surface area contributed by atoms with Gasteiger partial charge in [-0.1, -0.05) is 33.6 Å². The van der Waals surface area contributed by atoms with Gasteiger partial charge in [0.25, 0.3) is 0 Å². The average molecular weight is 455 g/mol. The Balaban J connectivity index is 2.43. The second-order valence-corrected chi connectivity index (χ2v) is 6.43. The molecule has 0 fully saturated rings. The summed E-state index contributed by atoms with van der Waals surface area (Å²) in [6.07, 6.45) is 0. The lowest BCUT2D eigenvalue weighted by molar-refractivity contribution is 0.411. The van der Waals surface area contributed by atoms with Crippen LogP contribution in [-0.2, 0) is 0 Å². The predicted molar refractivity (Wildman–Crippen MR) is 87.9 cm³/mol. The number of benzene rings is 2. The van der Waals surface area contributed by atoms with Crippen molar-refractivity contribution >= 4 is 50.1 Å². The molecule has 0 aliphatic rings. The van der Waals surface area contributed by atoms with E-state index in [0.717, 1.165) is 9.13 Å². The van der Waals surface area contributed by atoms with E-state index in [-0.39, 0.29) is 10.6 Å². The topological polar surface area (TPSA) is 9.23 Å². The quantitative estimate of drug-likeness (QED) is 0.434. The SMILES string of the molecule is COc1ccc(C(Br)c2cc(Cl)ccc2I)c(F)c1. The lowest BCUT2D eigenvalue weighted by Gasteiger charge is -2.14. The number of rotatable bonds is 3. The van der Waals surface area contributed by atoms with Gasteiger partial charge in [-0.25, -0.2) is 4.39 Å². The summed E-state index contributed by atoms with van der Waals surface area (Å²) in [4.78, 5) is -0.246. The summed E-state index contributed by atoms with van der Waals surface area (Å²) in [6, 6.07) is 10.4. The van der Waals surface area contributed by atoms with E-state index in [9.17, 15) is 4.39 Å². The van der Waals surface area contributed by atoms with E-state index in [2.05, 4.69) is 38.5 Å². The van der Waals surface area contributed by atoms with Crippen molar-refractivity contribution in [3.63, 3.8) is 0 Å². The second-order valence-electron chi connectivity index (χ2n) is 3.92. The van der Waals surface area contributed by atoms with E-state index in [4.69, 9.17) is 16.3 Å². The Labute approximate surface area is 138 Å². The highest BCUT2D eigenvalue weighted by Gasteiger charge is 2.18. The van der Waals surface area contributed by atoms with Crippen molar-refractivity contribution in [2.24, 2.45) is 0 Å². The molecule has 100 valence electrons. The first-order valence-electron chi connectivity index (χ1n) is 5.45. The molecule has 2 aromatic rings. The normalized spacial score (nSPS) is 12.3. The van der Waals surface area contributed by atoms with Crippen LogP contribution < -0.4 is 4.74 Å². The minimum atomic E-state index is -0.308. The van der Waals surface area contributed by atoms with Crippen LogP contribution in [0.1, 0.15) is 16.0 Å². The fraction of sp³-hybridized carbons (Fsp3) is 0.143. The Morgan fingerprint density at radius 2 is 1.95 bits per heavy atom.